The minimum Gasteiger partial charge on any atom is -0.274 e. The fourth-order valence-electron chi connectivity index (χ4n) is 0.266. The second-order valence-electron chi connectivity index (χ2n) is 0.997. The second-order valence-corrected chi connectivity index (χ2v) is 5.70. The third kappa shape index (κ3) is 1.76. The molecule has 1 nitrogen and oxygen atoms in total. The second kappa shape index (κ2) is 2.65. The Labute approximate surface area is 52.4 Å². The van der Waals surface area contributed by atoms with E-state index < -0.39 is 6.13 Å². The summed E-state index contributed by atoms with van der Waals surface area (Å²) in [6, 6.07) is 0. The van der Waals surface area contributed by atoms with Gasteiger partial charge in [0, 0.05) is 0 Å². The molecule has 1 heterocycles. The Morgan fingerprint density at radius 2 is 2.71 bits per heavy atom. The van der Waals surface area contributed by atoms with Gasteiger partial charge in [-0.05, 0) is 6.08 Å². The molecular weight excluding hydrogens is 147 g/mol. The maximum Gasteiger partial charge on any atom is 0.462 e. The lowest BCUT2D eigenvalue weighted by molar-refractivity contribution is 0.557. The van der Waals surface area contributed by atoms with Crippen LogP contribution in [-0.4, -0.2) is 5.75 Å². The summed E-state index contributed by atoms with van der Waals surface area (Å²) in [7, 11) is 0. The van der Waals surface area contributed by atoms with Crippen LogP contribution >= 0.6 is 17.5 Å². The molecule has 0 saturated carbocycles. The van der Waals surface area contributed by atoms with Gasteiger partial charge in [0.1, 0.15) is 17.6 Å². The maximum absolute atomic E-state index is 4.94. The van der Waals surface area contributed by atoms with Gasteiger partial charge in [0.2, 0.25) is 11.8 Å². The summed E-state index contributed by atoms with van der Waals surface area (Å²) in [5, 5.41) is 0. The van der Waals surface area contributed by atoms with Crippen LogP contribution in [0.15, 0.2) is 12.3 Å². The molecule has 1 aliphatic heterocycles. The molecule has 1 rings (SSSR count). The minimum absolute atomic E-state index is 0.578. The lowest BCUT2D eigenvalue weighted by Gasteiger charge is -1.88. The average Bonchev–Trinajstić information content (AvgIpc) is 1.69. The Bertz CT molecular complexity index is 112. The first-order valence-corrected chi connectivity index (χ1v) is 5.68. The van der Waals surface area contributed by atoms with Gasteiger partial charge < -0.3 is 0 Å². The van der Waals surface area contributed by atoms with Crippen molar-refractivity contribution in [2.24, 2.45) is 0 Å². The highest BCUT2D eigenvalue weighted by Gasteiger charge is 2.13. The first-order valence-electron chi connectivity index (χ1n) is 1.81. The highest BCUT2D eigenvalue weighted by atomic mass is 32.9. The molecule has 0 aromatic heterocycles. The number of hydrogen-bond donors (Lipinski definition) is 0. The summed E-state index contributed by atoms with van der Waals surface area (Å²) in [5.74, 6) is 1.02. The summed E-state index contributed by atoms with van der Waals surface area (Å²) in [4.78, 5) is 0. The minimum atomic E-state index is -0.578. The summed E-state index contributed by atoms with van der Waals surface area (Å²) in [6.07, 6.45) is 3.08. The lowest BCUT2D eigenvalue weighted by atomic mass is 10.7. The molecule has 4 heteroatoms. The third-order valence-electron chi connectivity index (χ3n) is 0.519. The van der Waals surface area contributed by atoms with Crippen LogP contribution in [0.25, 0.3) is 0 Å². The van der Waals surface area contributed by atoms with Gasteiger partial charge in [0.15, 0.2) is 0 Å². The highest BCUT2D eigenvalue weighted by Crippen LogP contribution is 2.41. The summed E-state index contributed by atoms with van der Waals surface area (Å²) in [5.41, 5.74) is 0. The fourth-order valence-corrected chi connectivity index (χ4v) is 2.45. The van der Waals surface area contributed by atoms with Gasteiger partial charge in [-0.25, -0.2) is 0 Å². The Kier molecular flexibility index (Phi) is 2.10. The van der Waals surface area contributed by atoms with Gasteiger partial charge >= 0.3 is 6.13 Å². The molecule has 0 radical (unpaired) electrons. The van der Waals surface area contributed by atoms with Crippen LogP contribution in [0.4, 0.5) is 0 Å². The molecule has 0 bridgehead atoms. The molecule has 38 valence electrons. The topological polar surface area (TPSA) is 9.23 Å². The van der Waals surface area contributed by atoms with E-state index in [9.17, 15) is 0 Å². The standard InChI is InChI=1S/C3H4OPS2/c6-5-4-2-1-3-7-5/h1-2H,3H2/q+1. The van der Waals surface area contributed by atoms with E-state index in [1.54, 1.807) is 17.6 Å². The molecule has 0 aromatic rings. The van der Waals surface area contributed by atoms with E-state index in [-0.39, 0.29) is 0 Å². The molecule has 1 atom stereocenters. The van der Waals surface area contributed by atoms with Crippen molar-refractivity contribution in [2.45, 2.75) is 0 Å². The summed E-state index contributed by atoms with van der Waals surface area (Å²) < 4.78 is 4.94. The Morgan fingerprint density at radius 3 is 3.00 bits per heavy atom. The zero-order valence-corrected chi connectivity index (χ0v) is 6.06. The largest absolute Gasteiger partial charge is 0.462 e. The Morgan fingerprint density at radius 1 is 1.86 bits per heavy atom. The maximum atomic E-state index is 4.94. The number of hydrogen-bond acceptors (Lipinski definition) is 3. The molecule has 0 saturated heterocycles. The van der Waals surface area contributed by atoms with Gasteiger partial charge in [-0.1, -0.05) is 0 Å². The van der Waals surface area contributed by atoms with Crippen LogP contribution in [0.1, 0.15) is 0 Å². The number of rotatable bonds is 0. The fraction of sp³-hybridized carbons (Fsp3) is 0.333. The molecule has 0 fully saturated rings. The van der Waals surface area contributed by atoms with E-state index in [1.807, 2.05) is 6.08 Å². The SMILES string of the molecule is S=[P+]1OC=CCS1. The molecule has 0 spiro atoms. The predicted molar refractivity (Wildman–Crippen MR) is 37.0 cm³/mol. The van der Waals surface area contributed by atoms with Gasteiger partial charge in [-0.3, -0.25) is 4.52 Å². The Balaban J connectivity index is 2.47. The zero-order chi connectivity index (χ0) is 5.11. The van der Waals surface area contributed by atoms with Crippen LogP contribution in [0, 0.1) is 0 Å². The predicted octanol–water partition coefficient (Wildman–Crippen LogP) is 2.04. The normalized spacial score (nSPS) is 24.3. The van der Waals surface area contributed by atoms with E-state index in [0.29, 0.717) is 0 Å². The Hall–Kier alpha value is 0.410. The average molecular weight is 151 g/mol. The van der Waals surface area contributed by atoms with E-state index in [0.717, 1.165) is 5.75 Å². The molecule has 7 heavy (non-hydrogen) atoms. The molecular formula is C3H4OPS2+. The van der Waals surface area contributed by atoms with Crippen molar-refractivity contribution in [3.05, 3.63) is 12.3 Å². The third-order valence-corrected chi connectivity index (χ3v) is 3.91. The molecule has 0 aliphatic carbocycles. The van der Waals surface area contributed by atoms with Gasteiger partial charge in [-0.2, -0.15) is 0 Å². The molecule has 0 N–H and O–H groups in total. The summed E-state index contributed by atoms with van der Waals surface area (Å²) in [6.45, 7) is 0. The first kappa shape index (κ1) is 5.54. The van der Waals surface area contributed by atoms with E-state index >= 15 is 0 Å². The van der Waals surface area contributed by atoms with Crippen molar-refractivity contribution < 1.29 is 4.52 Å². The van der Waals surface area contributed by atoms with Crippen LogP contribution in [0.5, 0.6) is 0 Å². The van der Waals surface area contributed by atoms with E-state index in [2.05, 4.69) is 0 Å². The van der Waals surface area contributed by atoms with E-state index in [1.165, 1.54) is 0 Å². The van der Waals surface area contributed by atoms with Gasteiger partial charge in [0.25, 0.3) is 0 Å². The molecule has 1 unspecified atom stereocenters. The monoisotopic (exact) mass is 151 g/mol. The van der Waals surface area contributed by atoms with Crippen molar-refractivity contribution in [3.63, 3.8) is 0 Å². The quantitative estimate of drug-likeness (QED) is 0.490. The van der Waals surface area contributed by atoms with E-state index in [4.69, 9.17) is 16.3 Å². The van der Waals surface area contributed by atoms with Crippen LogP contribution in [0.2, 0.25) is 0 Å². The smallest absolute Gasteiger partial charge is 0.274 e. The van der Waals surface area contributed by atoms with Crippen molar-refractivity contribution in [1.29, 1.82) is 0 Å². The van der Waals surface area contributed by atoms with Crippen molar-refractivity contribution in [3.8, 4) is 0 Å². The summed E-state index contributed by atoms with van der Waals surface area (Å²) >= 11 is 6.53. The van der Waals surface area contributed by atoms with Crippen molar-refractivity contribution in [1.82, 2.24) is 0 Å². The molecule has 0 aromatic carbocycles. The molecule has 0 amide bonds. The van der Waals surface area contributed by atoms with Crippen LogP contribution in [-0.2, 0) is 16.3 Å². The first-order chi connectivity index (χ1) is 3.39. The van der Waals surface area contributed by atoms with Crippen LogP contribution < -0.4 is 0 Å². The highest BCUT2D eigenvalue weighted by molar-refractivity contribution is 8.62. The van der Waals surface area contributed by atoms with Crippen molar-refractivity contribution in [2.75, 3.05) is 5.75 Å². The van der Waals surface area contributed by atoms with Crippen molar-refractivity contribution >= 4 is 29.3 Å². The van der Waals surface area contributed by atoms with Crippen LogP contribution in [0.3, 0.4) is 0 Å². The van der Waals surface area contributed by atoms with Gasteiger partial charge in [0.05, 0.1) is 5.75 Å². The lowest BCUT2D eigenvalue weighted by Crippen LogP contribution is -1.73. The zero-order valence-electron chi connectivity index (χ0n) is 3.53. The van der Waals surface area contributed by atoms with Gasteiger partial charge in [-0.15, -0.1) is 0 Å². The molecule has 1 aliphatic rings.